The number of nitrogens with one attached hydrogen (secondary N) is 1. The molecule has 0 spiro atoms. The lowest BCUT2D eigenvalue weighted by Crippen LogP contribution is -2.38. The van der Waals surface area contributed by atoms with Crippen molar-refractivity contribution in [1.82, 2.24) is 15.4 Å². The molecule has 57 heavy (non-hydrogen) atoms. The van der Waals surface area contributed by atoms with E-state index in [-0.39, 0.29) is 50.3 Å². The number of hydrogen-bond acceptors (Lipinski definition) is 14. The van der Waals surface area contributed by atoms with Gasteiger partial charge in [-0.15, -0.1) is 46.4 Å². The third-order valence-corrected chi connectivity index (χ3v) is 8.14. The number of alkyl halides is 4. The highest BCUT2D eigenvalue weighted by Gasteiger charge is 2.24. The second-order valence-corrected chi connectivity index (χ2v) is 14.8. The summed E-state index contributed by atoms with van der Waals surface area (Å²) in [6, 6.07) is 7.94. The minimum atomic E-state index is -1.05. The number of nitro benzene ring substituents is 2. The van der Waals surface area contributed by atoms with Gasteiger partial charge < -0.3 is 25.6 Å². The molecule has 2 aromatic rings. The van der Waals surface area contributed by atoms with Crippen molar-refractivity contribution < 1.29 is 43.7 Å². The van der Waals surface area contributed by atoms with E-state index in [2.05, 4.69) is 5.23 Å². The summed E-state index contributed by atoms with van der Waals surface area (Å²) in [4.78, 5) is 66.8. The molecule has 0 fully saturated rings. The van der Waals surface area contributed by atoms with E-state index in [0.29, 0.717) is 78.1 Å². The van der Waals surface area contributed by atoms with Gasteiger partial charge in [0.25, 0.3) is 18.8 Å². The van der Waals surface area contributed by atoms with Gasteiger partial charge in [0.05, 0.1) is 42.1 Å². The standard InChI is InChI=1S/C20H29BCl2N3O6.C15H21Cl2N3O5/c1-20(2,3)32-19(28)12-17(24-21-14-27)11-16-10-15(4-5-18(16)26(29)30)13-31-25(8-6-22)9-7-23;16-3-5-19(6-4-17)25-10-11-1-2-14(20(23)24)12(7-11)8-13(18)9-15(21)22/h4-5,10,14,17,24H,6-9,11-13H2,1-3H3;1-2,7,13H,3-6,8-10,18H2,(H,21,22)/t17-;13-/m00/s1. The molecule has 317 valence electrons. The van der Waals surface area contributed by atoms with Crippen LogP contribution in [0.3, 0.4) is 0 Å². The monoisotopic (exact) mass is 881 g/mol. The van der Waals surface area contributed by atoms with Gasteiger partial charge in [0.1, 0.15) is 5.60 Å². The summed E-state index contributed by atoms with van der Waals surface area (Å²) in [7, 11) is 1.16. The number of esters is 1. The maximum atomic E-state index is 12.3. The lowest BCUT2D eigenvalue weighted by molar-refractivity contribution is -0.385. The quantitative estimate of drug-likeness (QED) is 0.0268. The van der Waals surface area contributed by atoms with Gasteiger partial charge >= 0.3 is 11.9 Å². The van der Waals surface area contributed by atoms with Gasteiger partial charge in [0, 0.05) is 85.0 Å². The highest BCUT2D eigenvalue weighted by Crippen LogP contribution is 2.25. The van der Waals surface area contributed by atoms with E-state index in [4.69, 9.17) is 71.7 Å². The van der Waals surface area contributed by atoms with Crippen LogP contribution in [0.2, 0.25) is 0 Å². The number of rotatable bonds is 27. The molecule has 1 radical (unpaired) electrons. The molecule has 0 saturated heterocycles. The van der Waals surface area contributed by atoms with Crippen LogP contribution in [0.15, 0.2) is 36.4 Å². The zero-order valence-electron chi connectivity index (χ0n) is 32.1. The number of nitro groups is 2. The third kappa shape index (κ3) is 22.5. The average molecular weight is 883 g/mol. The maximum Gasteiger partial charge on any atom is 0.307 e. The third-order valence-electron chi connectivity index (χ3n) is 7.46. The Balaban J connectivity index is 0.000000587. The van der Waals surface area contributed by atoms with Gasteiger partial charge in [-0.25, -0.2) is 0 Å². The second-order valence-electron chi connectivity index (χ2n) is 13.3. The second kappa shape index (κ2) is 28.3. The predicted molar refractivity (Wildman–Crippen MR) is 219 cm³/mol. The minimum absolute atomic E-state index is 0.0707. The van der Waals surface area contributed by atoms with E-state index in [1.165, 1.54) is 12.1 Å². The fraction of sp³-hybridized carbons (Fsp3) is 0.571. The zero-order valence-corrected chi connectivity index (χ0v) is 35.1. The van der Waals surface area contributed by atoms with E-state index >= 15 is 0 Å². The first-order valence-electron chi connectivity index (χ1n) is 17.7. The molecule has 0 aliphatic carbocycles. The lowest BCUT2D eigenvalue weighted by atomic mass is 9.92. The molecule has 0 unspecified atom stereocenters. The Labute approximate surface area is 352 Å². The molecule has 4 N–H and O–H groups in total. The normalized spacial score (nSPS) is 12.4. The summed E-state index contributed by atoms with van der Waals surface area (Å²) in [5.74, 6) is -0.0261. The van der Waals surface area contributed by atoms with Crippen molar-refractivity contribution in [2.45, 2.75) is 77.4 Å². The molecule has 0 saturated carbocycles. The van der Waals surface area contributed by atoms with Crippen molar-refractivity contribution in [1.29, 1.82) is 0 Å². The molecular formula is C35H50BCl4N6O11. The summed E-state index contributed by atoms with van der Waals surface area (Å²) in [5, 5.41) is 37.5. The number of carboxylic acids is 1. The predicted octanol–water partition coefficient (Wildman–Crippen LogP) is 5.00. The van der Waals surface area contributed by atoms with E-state index in [9.17, 15) is 34.6 Å². The average Bonchev–Trinajstić information content (AvgIpc) is 3.11. The molecule has 17 nitrogen and oxygen atoms in total. The topological polar surface area (TPSA) is 230 Å². The van der Waals surface area contributed by atoms with Crippen molar-refractivity contribution in [3.63, 3.8) is 0 Å². The number of halogens is 4. The van der Waals surface area contributed by atoms with E-state index < -0.39 is 39.5 Å². The first kappa shape index (κ1) is 51.9. The summed E-state index contributed by atoms with van der Waals surface area (Å²) in [6.45, 7) is 7.56. The Hall–Kier alpha value is -3.17. The van der Waals surface area contributed by atoms with Gasteiger partial charge in [-0.1, -0.05) is 0 Å². The number of carbonyl (C=O) groups is 3. The first-order valence-corrected chi connectivity index (χ1v) is 19.8. The van der Waals surface area contributed by atoms with Crippen molar-refractivity contribution in [3.05, 3.63) is 78.9 Å². The SMILES string of the molecule is CC(C)(C)OC(=O)C[C@H](Cc1cc(CON(CCCl)CCCl)ccc1[N+](=O)[O-])N[B]C=O.N[C@H](CC(=O)O)Cc1cc(CON(CCCl)CCCl)ccc1[N+](=O)[O-]. The van der Waals surface area contributed by atoms with Crippen molar-refractivity contribution in [2.24, 2.45) is 5.73 Å². The Morgan fingerprint density at radius 1 is 0.842 bits per heavy atom. The van der Waals surface area contributed by atoms with Gasteiger partial charge in [-0.2, -0.15) is 10.1 Å². The molecule has 0 aliphatic heterocycles. The van der Waals surface area contributed by atoms with Crippen molar-refractivity contribution in [2.75, 3.05) is 49.7 Å². The zero-order chi connectivity index (χ0) is 43.0. The number of aliphatic carboxylic acids is 1. The van der Waals surface area contributed by atoms with Crippen LogP contribution in [0.5, 0.6) is 0 Å². The molecule has 0 bridgehead atoms. The fourth-order valence-electron chi connectivity index (χ4n) is 5.13. The molecule has 22 heteroatoms. The molecule has 0 aromatic heterocycles. The highest BCUT2D eigenvalue weighted by atomic mass is 35.5. The van der Waals surface area contributed by atoms with Crippen LogP contribution in [-0.2, 0) is 54.9 Å². The minimum Gasteiger partial charge on any atom is -0.481 e. The number of ether oxygens (including phenoxy) is 1. The molecule has 0 amide bonds. The number of carboxylic acid groups (broad SMARTS) is 1. The van der Waals surface area contributed by atoms with E-state index in [1.807, 2.05) is 0 Å². The number of benzene rings is 2. The van der Waals surface area contributed by atoms with Crippen molar-refractivity contribution in [3.8, 4) is 0 Å². The van der Waals surface area contributed by atoms with Gasteiger partial charge in [-0.3, -0.25) is 39.5 Å². The Kier molecular flexibility index (Phi) is 25.7. The smallest absolute Gasteiger partial charge is 0.307 e. The lowest BCUT2D eigenvalue weighted by Gasteiger charge is -2.23. The van der Waals surface area contributed by atoms with Crippen LogP contribution in [0.25, 0.3) is 0 Å². The maximum absolute atomic E-state index is 12.3. The van der Waals surface area contributed by atoms with Gasteiger partial charge in [0.2, 0.25) is 0 Å². The van der Waals surface area contributed by atoms with Crippen LogP contribution < -0.4 is 11.0 Å². The largest absolute Gasteiger partial charge is 0.481 e. The van der Waals surface area contributed by atoms with Crippen LogP contribution in [0.4, 0.5) is 11.4 Å². The number of hydroxylamine groups is 4. The molecule has 2 aromatic carbocycles. The van der Waals surface area contributed by atoms with Crippen molar-refractivity contribution >= 4 is 83.3 Å². The molecule has 0 aliphatic rings. The van der Waals surface area contributed by atoms with Crippen LogP contribution in [-0.4, -0.2) is 118 Å². The van der Waals surface area contributed by atoms with Gasteiger partial charge in [0.15, 0.2) is 0 Å². The molecule has 2 atom stereocenters. The van der Waals surface area contributed by atoms with E-state index in [0.717, 1.165) is 7.41 Å². The fourth-order valence-corrected chi connectivity index (χ4v) is 5.88. The first-order chi connectivity index (χ1) is 27.0. The molecule has 0 heterocycles. The van der Waals surface area contributed by atoms with E-state index in [1.54, 1.807) is 55.2 Å². The van der Waals surface area contributed by atoms with Crippen LogP contribution in [0.1, 0.15) is 55.9 Å². The van der Waals surface area contributed by atoms with Crippen LogP contribution >= 0.6 is 46.4 Å². The Bertz CT molecular complexity index is 1570. The highest BCUT2D eigenvalue weighted by molar-refractivity contribution is 6.64. The molecule has 2 rings (SSSR count). The summed E-state index contributed by atoms with van der Waals surface area (Å²) in [6.07, 6.45) is 0.420. The molecular weight excluding hydrogens is 833 g/mol. The summed E-state index contributed by atoms with van der Waals surface area (Å²) in [5.41, 5.74) is 7.09. The van der Waals surface area contributed by atoms with Gasteiger partial charge in [-0.05, 0) is 69.0 Å². The number of carbonyl (C=O) groups excluding carboxylic acids is 2. The van der Waals surface area contributed by atoms with Crippen LogP contribution in [0, 0.1) is 20.2 Å². The Morgan fingerprint density at radius 3 is 1.65 bits per heavy atom. The number of nitrogens with zero attached hydrogens (tertiary/aromatic N) is 4. The summed E-state index contributed by atoms with van der Waals surface area (Å²) < 4.78 is 5.34. The summed E-state index contributed by atoms with van der Waals surface area (Å²) >= 11 is 22.9. The number of hydrogen-bond donors (Lipinski definition) is 3. The number of nitrogens with two attached hydrogens (primary N) is 1. The Morgan fingerprint density at radius 2 is 1.28 bits per heavy atom.